The summed E-state index contributed by atoms with van der Waals surface area (Å²) in [6, 6.07) is 11.0. The summed E-state index contributed by atoms with van der Waals surface area (Å²) in [5.74, 6) is 0.797. The van der Waals surface area contributed by atoms with Crippen LogP contribution in [-0.2, 0) is 6.42 Å². The summed E-state index contributed by atoms with van der Waals surface area (Å²) >= 11 is 0. The molecule has 0 bridgehead atoms. The Labute approximate surface area is 126 Å². The van der Waals surface area contributed by atoms with Crippen molar-refractivity contribution in [1.82, 2.24) is 5.32 Å². The largest absolute Gasteiger partial charge is 0.316 e. The lowest BCUT2D eigenvalue weighted by Gasteiger charge is -2.18. The molecule has 1 N–H and O–H groups in total. The molecule has 1 unspecified atom stereocenters. The Hall–Kier alpha value is -0.820. The summed E-state index contributed by atoms with van der Waals surface area (Å²) in [5, 5.41) is 3.61. The van der Waals surface area contributed by atoms with E-state index in [1.165, 1.54) is 63.5 Å². The third-order valence-corrected chi connectivity index (χ3v) is 3.94. The van der Waals surface area contributed by atoms with E-state index in [1.807, 2.05) is 0 Å². The summed E-state index contributed by atoms with van der Waals surface area (Å²) in [5.41, 5.74) is 1.49. The van der Waals surface area contributed by atoms with E-state index in [4.69, 9.17) is 0 Å². The number of rotatable bonds is 12. The zero-order chi connectivity index (χ0) is 14.5. The standard InChI is InChI=1S/C19H33N/c1-3-5-6-7-9-14-19(17-20-15-4-2)16-18-12-10-8-11-13-18/h8,10-13,19-20H,3-7,9,14-17H2,1-2H3. The number of hydrogen-bond donors (Lipinski definition) is 1. The number of benzene rings is 1. The Balaban J connectivity index is 2.31. The first kappa shape index (κ1) is 17.2. The topological polar surface area (TPSA) is 12.0 Å². The lowest BCUT2D eigenvalue weighted by molar-refractivity contribution is 0.420. The zero-order valence-electron chi connectivity index (χ0n) is 13.5. The molecule has 0 radical (unpaired) electrons. The Bertz CT molecular complexity index is 307. The average Bonchev–Trinajstić information content (AvgIpc) is 2.48. The molecule has 114 valence electrons. The van der Waals surface area contributed by atoms with Gasteiger partial charge in [0.2, 0.25) is 0 Å². The second kappa shape index (κ2) is 12.0. The minimum absolute atomic E-state index is 0.797. The number of unbranched alkanes of at least 4 members (excludes halogenated alkanes) is 4. The lowest BCUT2D eigenvalue weighted by atomic mass is 9.93. The molecule has 0 aliphatic carbocycles. The Morgan fingerprint density at radius 2 is 1.65 bits per heavy atom. The lowest BCUT2D eigenvalue weighted by Crippen LogP contribution is -2.25. The molecule has 0 saturated heterocycles. The van der Waals surface area contributed by atoms with E-state index in [2.05, 4.69) is 49.5 Å². The van der Waals surface area contributed by atoms with Gasteiger partial charge in [0.05, 0.1) is 0 Å². The molecular formula is C19H33N. The SMILES string of the molecule is CCCCCCCC(CNCCC)Cc1ccccc1. The van der Waals surface area contributed by atoms with Gasteiger partial charge < -0.3 is 5.32 Å². The molecule has 0 amide bonds. The van der Waals surface area contributed by atoms with E-state index in [0.29, 0.717) is 0 Å². The average molecular weight is 275 g/mol. The molecule has 0 spiro atoms. The quantitative estimate of drug-likeness (QED) is 0.517. The van der Waals surface area contributed by atoms with E-state index < -0.39 is 0 Å². The first-order valence-electron chi connectivity index (χ1n) is 8.61. The molecule has 0 aromatic heterocycles. The van der Waals surface area contributed by atoms with E-state index in [0.717, 1.165) is 12.5 Å². The van der Waals surface area contributed by atoms with Gasteiger partial charge >= 0.3 is 0 Å². The summed E-state index contributed by atoms with van der Waals surface area (Å²) in [7, 11) is 0. The van der Waals surface area contributed by atoms with E-state index in [1.54, 1.807) is 0 Å². The van der Waals surface area contributed by atoms with Crippen molar-refractivity contribution in [1.29, 1.82) is 0 Å². The highest BCUT2D eigenvalue weighted by molar-refractivity contribution is 5.15. The molecule has 0 fully saturated rings. The summed E-state index contributed by atoms with van der Waals surface area (Å²) in [6.07, 6.45) is 10.8. The second-order valence-electron chi connectivity index (χ2n) is 5.96. The molecule has 0 aliphatic rings. The van der Waals surface area contributed by atoms with Crippen LogP contribution in [0.2, 0.25) is 0 Å². The van der Waals surface area contributed by atoms with E-state index >= 15 is 0 Å². The van der Waals surface area contributed by atoms with Gasteiger partial charge in [-0.05, 0) is 43.8 Å². The van der Waals surface area contributed by atoms with Crippen molar-refractivity contribution in [2.75, 3.05) is 13.1 Å². The van der Waals surface area contributed by atoms with E-state index in [-0.39, 0.29) is 0 Å². The smallest absolute Gasteiger partial charge is 0.00173 e. The first-order chi connectivity index (χ1) is 9.86. The third-order valence-electron chi connectivity index (χ3n) is 3.94. The van der Waals surface area contributed by atoms with Crippen LogP contribution in [0.3, 0.4) is 0 Å². The Morgan fingerprint density at radius 1 is 0.900 bits per heavy atom. The highest BCUT2D eigenvalue weighted by atomic mass is 14.8. The van der Waals surface area contributed by atoms with Crippen LogP contribution in [0, 0.1) is 5.92 Å². The van der Waals surface area contributed by atoms with Gasteiger partial charge in [0.25, 0.3) is 0 Å². The predicted molar refractivity (Wildman–Crippen MR) is 90.2 cm³/mol. The number of hydrogen-bond acceptors (Lipinski definition) is 1. The molecule has 1 nitrogen and oxygen atoms in total. The Morgan fingerprint density at radius 3 is 2.35 bits per heavy atom. The van der Waals surface area contributed by atoms with Gasteiger partial charge in [-0.25, -0.2) is 0 Å². The van der Waals surface area contributed by atoms with Crippen LogP contribution in [0.1, 0.15) is 64.4 Å². The van der Waals surface area contributed by atoms with Gasteiger partial charge in [-0.3, -0.25) is 0 Å². The maximum Gasteiger partial charge on any atom is -0.00173 e. The summed E-state index contributed by atoms with van der Waals surface area (Å²) in [6.45, 7) is 6.86. The van der Waals surface area contributed by atoms with Gasteiger partial charge in [0.15, 0.2) is 0 Å². The highest BCUT2D eigenvalue weighted by Gasteiger charge is 2.09. The van der Waals surface area contributed by atoms with Gasteiger partial charge in [-0.1, -0.05) is 76.3 Å². The van der Waals surface area contributed by atoms with Crippen molar-refractivity contribution in [2.24, 2.45) is 5.92 Å². The number of nitrogens with one attached hydrogen (secondary N) is 1. The molecule has 20 heavy (non-hydrogen) atoms. The molecular weight excluding hydrogens is 242 g/mol. The van der Waals surface area contributed by atoms with Crippen LogP contribution in [0.5, 0.6) is 0 Å². The fraction of sp³-hybridized carbons (Fsp3) is 0.684. The third kappa shape index (κ3) is 8.37. The first-order valence-corrected chi connectivity index (χ1v) is 8.61. The molecule has 1 heteroatoms. The van der Waals surface area contributed by atoms with Crippen LogP contribution in [-0.4, -0.2) is 13.1 Å². The molecule has 1 rings (SSSR count). The Kier molecular flexibility index (Phi) is 10.3. The molecule has 1 atom stereocenters. The maximum absolute atomic E-state index is 3.61. The van der Waals surface area contributed by atoms with Gasteiger partial charge in [-0.15, -0.1) is 0 Å². The second-order valence-corrected chi connectivity index (χ2v) is 5.96. The van der Waals surface area contributed by atoms with Crippen molar-refractivity contribution < 1.29 is 0 Å². The molecule has 0 aliphatic heterocycles. The minimum Gasteiger partial charge on any atom is -0.316 e. The molecule has 0 heterocycles. The van der Waals surface area contributed by atoms with E-state index in [9.17, 15) is 0 Å². The van der Waals surface area contributed by atoms with Gasteiger partial charge in [-0.2, -0.15) is 0 Å². The van der Waals surface area contributed by atoms with Crippen LogP contribution >= 0.6 is 0 Å². The van der Waals surface area contributed by atoms with Gasteiger partial charge in [0.1, 0.15) is 0 Å². The summed E-state index contributed by atoms with van der Waals surface area (Å²) in [4.78, 5) is 0. The molecule has 1 aromatic rings. The summed E-state index contributed by atoms with van der Waals surface area (Å²) < 4.78 is 0. The molecule has 1 aromatic carbocycles. The highest BCUT2D eigenvalue weighted by Crippen LogP contribution is 2.16. The van der Waals surface area contributed by atoms with Gasteiger partial charge in [0, 0.05) is 0 Å². The maximum atomic E-state index is 3.61. The van der Waals surface area contributed by atoms with Crippen molar-refractivity contribution in [3.05, 3.63) is 35.9 Å². The fourth-order valence-electron chi connectivity index (χ4n) is 2.74. The predicted octanol–water partition coefficient (Wildman–Crippen LogP) is 5.21. The fourth-order valence-corrected chi connectivity index (χ4v) is 2.74. The monoisotopic (exact) mass is 275 g/mol. The normalized spacial score (nSPS) is 12.5. The van der Waals surface area contributed by atoms with Crippen LogP contribution in [0.4, 0.5) is 0 Å². The van der Waals surface area contributed by atoms with Crippen molar-refractivity contribution >= 4 is 0 Å². The van der Waals surface area contributed by atoms with Crippen LogP contribution in [0.15, 0.2) is 30.3 Å². The van der Waals surface area contributed by atoms with Crippen molar-refractivity contribution in [2.45, 2.75) is 65.2 Å². The van der Waals surface area contributed by atoms with Crippen LogP contribution in [0.25, 0.3) is 0 Å². The minimum atomic E-state index is 0.797. The zero-order valence-corrected chi connectivity index (χ0v) is 13.5. The van der Waals surface area contributed by atoms with Crippen molar-refractivity contribution in [3.63, 3.8) is 0 Å². The molecule has 0 saturated carbocycles. The van der Waals surface area contributed by atoms with Crippen molar-refractivity contribution in [3.8, 4) is 0 Å². The van der Waals surface area contributed by atoms with Crippen LogP contribution < -0.4 is 5.32 Å².